The van der Waals surface area contributed by atoms with Gasteiger partial charge in [0, 0.05) is 7.11 Å². The molecule has 0 aromatic heterocycles. The maximum absolute atomic E-state index is 5.52. The van der Waals surface area contributed by atoms with Gasteiger partial charge < -0.3 is 4.74 Å². The van der Waals surface area contributed by atoms with Gasteiger partial charge in [-0.25, -0.2) is 0 Å². The molecule has 1 heteroatoms. The third-order valence-electron chi connectivity index (χ3n) is 7.68. The summed E-state index contributed by atoms with van der Waals surface area (Å²) in [6.45, 7) is 22.1. The summed E-state index contributed by atoms with van der Waals surface area (Å²) in [6, 6.07) is 0. The number of hydrogen-bond donors (Lipinski definition) is 0. The molecule has 0 spiro atoms. The number of rotatable bonds is 21. The summed E-state index contributed by atoms with van der Waals surface area (Å²) in [5, 5.41) is 0. The van der Waals surface area contributed by atoms with E-state index in [4.69, 9.17) is 4.74 Å². The van der Waals surface area contributed by atoms with Crippen molar-refractivity contribution >= 4 is 0 Å². The number of hydrogen-bond acceptors (Lipinski definition) is 1. The molecule has 0 bridgehead atoms. The topological polar surface area (TPSA) is 9.23 Å². The van der Waals surface area contributed by atoms with Crippen molar-refractivity contribution in [1.29, 1.82) is 0 Å². The first kappa shape index (κ1) is 39.6. The van der Waals surface area contributed by atoms with Crippen molar-refractivity contribution in [2.45, 2.75) is 145 Å². The van der Waals surface area contributed by atoms with Crippen molar-refractivity contribution in [2.75, 3.05) is 7.11 Å². The van der Waals surface area contributed by atoms with Gasteiger partial charge >= 0.3 is 0 Å². The van der Waals surface area contributed by atoms with E-state index in [2.05, 4.69) is 136 Å². The van der Waals surface area contributed by atoms with E-state index in [1.165, 1.54) is 58.3 Å². The average molecular weight is 575 g/mol. The first-order valence-electron chi connectivity index (χ1n) is 16.3. The summed E-state index contributed by atoms with van der Waals surface area (Å²) < 4.78 is 5.52. The molecule has 0 heterocycles. The highest BCUT2D eigenvalue weighted by molar-refractivity contribution is 5.27. The molecule has 1 nitrogen and oxygen atoms in total. The molecular weight excluding hydrogens is 508 g/mol. The molecule has 0 aromatic carbocycles. The Balaban J connectivity index is 4.39. The van der Waals surface area contributed by atoms with Crippen LogP contribution in [-0.2, 0) is 4.74 Å². The van der Waals surface area contributed by atoms with Gasteiger partial charge in [-0.05, 0) is 140 Å². The highest BCUT2D eigenvalue weighted by Gasteiger charge is 2.15. The van der Waals surface area contributed by atoms with Crippen LogP contribution < -0.4 is 0 Å². The molecule has 0 amide bonds. The lowest BCUT2D eigenvalue weighted by Gasteiger charge is -2.22. The van der Waals surface area contributed by atoms with Gasteiger partial charge in [0.1, 0.15) is 0 Å². The van der Waals surface area contributed by atoms with Crippen LogP contribution in [0.2, 0.25) is 0 Å². The second kappa shape index (κ2) is 24.1. The summed E-state index contributed by atoms with van der Waals surface area (Å²) >= 11 is 0. The van der Waals surface area contributed by atoms with Crippen LogP contribution in [0.4, 0.5) is 0 Å². The summed E-state index contributed by atoms with van der Waals surface area (Å²) in [6.07, 6.45) is 37.5. The third-order valence-corrected chi connectivity index (χ3v) is 7.68. The molecule has 0 unspecified atom stereocenters. The maximum atomic E-state index is 5.52. The predicted molar refractivity (Wildman–Crippen MR) is 192 cm³/mol. The Kier molecular flexibility index (Phi) is 22.7. The second-order valence-corrected chi connectivity index (χ2v) is 13.1. The van der Waals surface area contributed by atoms with E-state index in [-0.39, 0.29) is 5.60 Å². The van der Waals surface area contributed by atoms with Gasteiger partial charge in [0.05, 0.1) is 5.60 Å². The summed E-state index contributed by atoms with van der Waals surface area (Å²) in [5.41, 5.74) is 10.0. The molecule has 0 saturated carbocycles. The SMILES string of the molecule is COC(C)(C)CCCC(C)=CCCC(C)=CC=CC(C)=CC=CC=C(C)CCC=C(C)CCC=C(C)CCC=C(C)C. The van der Waals surface area contributed by atoms with E-state index in [0.717, 1.165) is 51.4 Å². The lowest BCUT2D eigenvalue weighted by Crippen LogP contribution is -2.21. The molecule has 0 aliphatic carbocycles. The van der Waals surface area contributed by atoms with Gasteiger partial charge in [0.2, 0.25) is 0 Å². The van der Waals surface area contributed by atoms with Crippen molar-refractivity contribution in [2.24, 2.45) is 0 Å². The fraction of sp³-hybridized carbons (Fsp3) is 0.561. The number of allylic oxidation sites excluding steroid dienone is 18. The van der Waals surface area contributed by atoms with Gasteiger partial charge in [0.25, 0.3) is 0 Å². The van der Waals surface area contributed by atoms with E-state index in [9.17, 15) is 0 Å². The van der Waals surface area contributed by atoms with Crippen LogP contribution in [0.15, 0.2) is 106 Å². The predicted octanol–water partition coefficient (Wildman–Crippen LogP) is 13.5. The molecule has 0 atom stereocenters. The maximum Gasteiger partial charge on any atom is 0.0622 e. The van der Waals surface area contributed by atoms with Gasteiger partial charge in [-0.1, -0.05) is 106 Å². The molecule has 0 fully saturated rings. The molecule has 0 saturated heterocycles. The molecule has 236 valence electrons. The van der Waals surface area contributed by atoms with Crippen LogP contribution in [0.25, 0.3) is 0 Å². The number of methoxy groups -OCH3 is 1. The van der Waals surface area contributed by atoms with Crippen molar-refractivity contribution in [3.8, 4) is 0 Å². The average Bonchev–Trinajstić information content (AvgIpc) is 2.91. The Morgan fingerprint density at radius 3 is 1.45 bits per heavy atom. The smallest absolute Gasteiger partial charge is 0.0622 e. The quantitative estimate of drug-likeness (QED) is 0.0978. The van der Waals surface area contributed by atoms with Crippen LogP contribution in [0, 0.1) is 0 Å². The van der Waals surface area contributed by atoms with E-state index >= 15 is 0 Å². The zero-order valence-corrected chi connectivity index (χ0v) is 29.5. The van der Waals surface area contributed by atoms with Gasteiger partial charge in [-0.2, -0.15) is 0 Å². The molecule has 0 rings (SSSR count). The Labute approximate surface area is 262 Å². The van der Waals surface area contributed by atoms with Crippen LogP contribution >= 0.6 is 0 Å². The Morgan fingerprint density at radius 1 is 0.524 bits per heavy atom. The summed E-state index contributed by atoms with van der Waals surface area (Å²) in [5.74, 6) is 0. The minimum absolute atomic E-state index is 0.0106. The summed E-state index contributed by atoms with van der Waals surface area (Å²) in [4.78, 5) is 0. The normalized spacial score (nSPS) is 14.9. The van der Waals surface area contributed by atoms with Crippen molar-refractivity contribution in [3.05, 3.63) is 106 Å². The van der Waals surface area contributed by atoms with E-state index in [1.54, 1.807) is 7.11 Å². The van der Waals surface area contributed by atoms with Gasteiger partial charge in [0.15, 0.2) is 0 Å². The fourth-order valence-electron chi connectivity index (χ4n) is 4.44. The Bertz CT molecular complexity index is 1020. The van der Waals surface area contributed by atoms with E-state index < -0.39 is 0 Å². The standard InChI is InChI=1S/C41H66O/c1-34(2)20-14-23-37(5)26-17-29-38(6)27-15-24-35(3)21-12-13-22-36(4)25-16-28-39(7)30-18-31-40(8)32-19-33-41(9,10)42-11/h12-13,16,20-22,25-28,31H,14-15,17-19,23-24,29-30,32-33H2,1-11H3. The van der Waals surface area contributed by atoms with Crippen molar-refractivity contribution in [3.63, 3.8) is 0 Å². The Morgan fingerprint density at radius 2 is 0.952 bits per heavy atom. The largest absolute Gasteiger partial charge is 0.379 e. The minimum atomic E-state index is -0.0106. The van der Waals surface area contributed by atoms with E-state index in [0.29, 0.717) is 0 Å². The minimum Gasteiger partial charge on any atom is -0.379 e. The number of ether oxygens (including phenoxy) is 1. The van der Waals surface area contributed by atoms with Crippen molar-refractivity contribution < 1.29 is 4.74 Å². The molecule has 0 aliphatic heterocycles. The molecule has 0 aromatic rings. The summed E-state index contributed by atoms with van der Waals surface area (Å²) in [7, 11) is 1.80. The molecular formula is C41H66O. The van der Waals surface area contributed by atoms with E-state index in [1.807, 2.05) is 0 Å². The van der Waals surface area contributed by atoms with Crippen LogP contribution in [-0.4, -0.2) is 12.7 Å². The Hall–Kier alpha value is -2.38. The molecule has 0 radical (unpaired) electrons. The van der Waals surface area contributed by atoms with Crippen molar-refractivity contribution in [1.82, 2.24) is 0 Å². The molecule has 0 N–H and O–H groups in total. The van der Waals surface area contributed by atoms with Gasteiger partial charge in [-0.3, -0.25) is 0 Å². The highest BCUT2D eigenvalue weighted by Crippen LogP contribution is 2.19. The zero-order valence-electron chi connectivity index (χ0n) is 29.5. The van der Waals surface area contributed by atoms with Crippen LogP contribution in [0.1, 0.15) is 140 Å². The molecule has 42 heavy (non-hydrogen) atoms. The zero-order chi connectivity index (χ0) is 31.8. The first-order valence-corrected chi connectivity index (χ1v) is 16.3. The third kappa shape index (κ3) is 25.3. The fourth-order valence-corrected chi connectivity index (χ4v) is 4.44. The van der Waals surface area contributed by atoms with Gasteiger partial charge in [-0.15, -0.1) is 0 Å². The molecule has 0 aliphatic rings. The lowest BCUT2D eigenvalue weighted by molar-refractivity contribution is 0.0140. The van der Waals surface area contributed by atoms with Crippen LogP contribution in [0.5, 0.6) is 0 Å². The lowest BCUT2D eigenvalue weighted by atomic mass is 9.98. The monoisotopic (exact) mass is 575 g/mol. The first-order chi connectivity index (χ1) is 19.8. The second-order valence-electron chi connectivity index (χ2n) is 13.1. The highest BCUT2D eigenvalue weighted by atomic mass is 16.5. The van der Waals surface area contributed by atoms with Crippen LogP contribution in [0.3, 0.4) is 0 Å².